The van der Waals surface area contributed by atoms with Gasteiger partial charge in [-0.05, 0) is 31.9 Å². The second kappa shape index (κ2) is 6.12. The molecule has 116 valence electrons. The van der Waals surface area contributed by atoms with Crippen molar-refractivity contribution >= 4 is 28.8 Å². The second-order valence-electron chi connectivity index (χ2n) is 5.71. The first-order chi connectivity index (χ1) is 10.6. The van der Waals surface area contributed by atoms with Crippen molar-refractivity contribution in [2.24, 2.45) is 0 Å². The van der Waals surface area contributed by atoms with Crippen molar-refractivity contribution in [1.82, 2.24) is 9.80 Å². The zero-order valence-corrected chi connectivity index (χ0v) is 13.3. The van der Waals surface area contributed by atoms with E-state index < -0.39 is 0 Å². The lowest BCUT2D eigenvalue weighted by Crippen LogP contribution is -2.48. The fraction of sp³-hybridized carbons (Fsp3) is 0.438. The van der Waals surface area contributed by atoms with Gasteiger partial charge in [-0.3, -0.25) is 19.3 Å². The number of hydrogen-bond donors (Lipinski definition) is 0. The molecule has 0 aromatic heterocycles. The van der Waals surface area contributed by atoms with Gasteiger partial charge in [0.05, 0.1) is 5.75 Å². The largest absolute Gasteiger partial charge is 0.338 e. The van der Waals surface area contributed by atoms with Crippen LogP contribution in [-0.4, -0.2) is 51.7 Å². The molecule has 0 saturated carbocycles. The highest BCUT2D eigenvalue weighted by molar-refractivity contribution is 8.14. The molecule has 0 unspecified atom stereocenters. The van der Waals surface area contributed by atoms with E-state index in [1.54, 1.807) is 0 Å². The summed E-state index contributed by atoms with van der Waals surface area (Å²) in [6, 6.07) is 7.50. The molecule has 5 nitrogen and oxygen atoms in total. The minimum atomic E-state index is -0.145. The minimum absolute atomic E-state index is 0.0237. The van der Waals surface area contributed by atoms with Gasteiger partial charge >= 0.3 is 0 Å². The number of thioether (sulfide) groups is 1. The number of hydrogen-bond acceptors (Lipinski definition) is 4. The SMILES string of the molecule is Cc1cccc(C(=O)N2CCC(N3C(=O)CSC3=O)CC2)c1. The molecular weight excluding hydrogens is 300 g/mol. The second-order valence-corrected chi connectivity index (χ2v) is 6.64. The van der Waals surface area contributed by atoms with Crippen LogP contribution >= 0.6 is 11.8 Å². The van der Waals surface area contributed by atoms with E-state index in [-0.39, 0.29) is 28.8 Å². The number of amides is 3. The Balaban J connectivity index is 1.63. The monoisotopic (exact) mass is 318 g/mol. The molecule has 6 heteroatoms. The first-order valence-corrected chi connectivity index (χ1v) is 8.39. The van der Waals surface area contributed by atoms with E-state index in [4.69, 9.17) is 0 Å². The Morgan fingerprint density at radius 3 is 2.55 bits per heavy atom. The molecule has 2 aliphatic heterocycles. The predicted molar refractivity (Wildman–Crippen MR) is 84.8 cm³/mol. The van der Waals surface area contributed by atoms with Crippen LogP contribution in [0, 0.1) is 6.92 Å². The minimum Gasteiger partial charge on any atom is -0.338 e. The summed E-state index contributed by atoms with van der Waals surface area (Å²) in [5, 5.41) is -0.145. The maximum Gasteiger partial charge on any atom is 0.289 e. The summed E-state index contributed by atoms with van der Waals surface area (Å²) in [4.78, 5) is 39.2. The number of carbonyl (C=O) groups excluding carboxylic acids is 3. The van der Waals surface area contributed by atoms with Crippen LogP contribution in [0.4, 0.5) is 4.79 Å². The van der Waals surface area contributed by atoms with Crippen LogP contribution in [0.25, 0.3) is 0 Å². The smallest absolute Gasteiger partial charge is 0.289 e. The molecule has 0 spiro atoms. The lowest BCUT2D eigenvalue weighted by Gasteiger charge is -2.35. The lowest BCUT2D eigenvalue weighted by atomic mass is 10.0. The summed E-state index contributed by atoms with van der Waals surface area (Å²) in [5.41, 5.74) is 1.76. The van der Waals surface area contributed by atoms with E-state index in [0.29, 0.717) is 31.5 Å². The van der Waals surface area contributed by atoms with Crippen LogP contribution in [0.15, 0.2) is 24.3 Å². The van der Waals surface area contributed by atoms with Gasteiger partial charge in [0.15, 0.2) is 0 Å². The van der Waals surface area contributed by atoms with Gasteiger partial charge in [0, 0.05) is 24.7 Å². The Bertz CT molecular complexity index is 608. The van der Waals surface area contributed by atoms with Gasteiger partial charge in [-0.1, -0.05) is 29.5 Å². The fourth-order valence-corrected chi connectivity index (χ4v) is 3.78. The first kappa shape index (κ1) is 15.1. The number of likely N-dealkylation sites (tertiary alicyclic amines) is 1. The maximum atomic E-state index is 12.5. The molecule has 0 N–H and O–H groups in total. The maximum absolute atomic E-state index is 12.5. The van der Waals surface area contributed by atoms with Crippen LogP contribution in [-0.2, 0) is 4.79 Å². The molecule has 3 amide bonds. The molecule has 1 aromatic rings. The van der Waals surface area contributed by atoms with Crippen molar-refractivity contribution < 1.29 is 14.4 Å². The van der Waals surface area contributed by atoms with E-state index in [1.165, 1.54) is 4.90 Å². The molecule has 22 heavy (non-hydrogen) atoms. The number of rotatable bonds is 2. The zero-order valence-electron chi connectivity index (χ0n) is 12.4. The Labute approximate surface area is 133 Å². The van der Waals surface area contributed by atoms with Gasteiger partial charge in [-0.2, -0.15) is 0 Å². The Hall–Kier alpha value is -1.82. The summed E-state index contributed by atoms with van der Waals surface area (Å²) in [5.74, 6) is 0.176. The number of nitrogens with zero attached hydrogens (tertiary/aromatic N) is 2. The Kier molecular flexibility index (Phi) is 4.20. The van der Waals surface area contributed by atoms with E-state index in [0.717, 1.165) is 17.3 Å². The summed E-state index contributed by atoms with van der Waals surface area (Å²) < 4.78 is 0. The van der Waals surface area contributed by atoms with Gasteiger partial charge in [0.25, 0.3) is 11.1 Å². The number of piperidine rings is 1. The number of benzene rings is 1. The van der Waals surface area contributed by atoms with E-state index >= 15 is 0 Å². The highest BCUT2D eigenvalue weighted by Gasteiger charge is 2.37. The van der Waals surface area contributed by atoms with E-state index in [1.807, 2.05) is 36.1 Å². The fourth-order valence-electron chi connectivity index (χ4n) is 3.00. The lowest BCUT2D eigenvalue weighted by molar-refractivity contribution is -0.126. The van der Waals surface area contributed by atoms with E-state index in [2.05, 4.69) is 0 Å². The average Bonchev–Trinajstić information content (AvgIpc) is 2.86. The van der Waals surface area contributed by atoms with Gasteiger partial charge < -0.3 is 4.90 Å². The van der Waals surface area contributed by atoms with Gasteiger partial charge in [0.1, 0.15) is 0 Å². The highest BCUT2D eigenvalue weighted by atomic mass is 32.2. The Morgan fingerprint density at radius 2 is 1.95 bits per heavy atom. The van der Waals surface area contributed by atoms with Gasteiger partial charge in [-0.15, -0.1) is 0 Å². The molecule has 3 rings (SSSR count). The summed E-state index contributed by atoms with van der Waals surface area (Å²) in [6.07, 6.45) is 1.32. The van der Waals surface area contributed by atoms with Crippen molar-refractivity contribution in [3.63, 3.8) is 0 Å². The summed E-state index contributed by atoms with van der Waals surface area (Å²) >= 11 is 1.07. The molecule has 2 fully saturated rings. The molecule has 0 atom stereocenters. The quantitative estimate of drug-likeness (QED) is 0.839. The first-order valence-electron chi connectivity index (χ1n) is 7.41. The molecular formula is C16H18N2O3S. The van der Waals surface area contributed by atoms with Gasteiger partial charge in [-0.25, -0.2) is 0 Å². The van der Waals surface area contributed by atoms with Crippen LogP contribution in [0.3, 0.4) is 0 Å². The van der Waals surface area contributed by atoms with Crippen molar-refractivity contribution in [2.45, 2.75) is 25.8 Å². The zero-order chi connectivity index (χ0) is 15.7. The average molecular weight is 318 g/mol. The Morgan fingerprint density at radius 1 is 1.23 bits per heavy atom. The van der Waals surface area contributed by atoms with Crippen molar-refractivity contribution in [2.75, 3.05) is 18.8 Å². The van der Waals surface area contributed by atoms with Crippen molar-refractivity contribution in [3.8, 4) is 0 Å². The van der Waals surface area contributed by atoms with Crippen molar-refractivity contribution in [3.05, 3.63) is 35.4 Å². The van der Waals surface area contributed by atoms with Crippen LogP contribution in [0.1, 0.15) is 28.8 Å². The van der Waals surface area contributed by atoms with Crippen molar-refractivity contribution in [1.29, 1.82) is 0 Å². The van der Waals surface area contributed by atoms with Crippen LogP contribution in [0.2, 0.25) is 0 Å². The van der Waals surface area contributed by atoms with Crippen LogP contribution < -0.4 is 0 Å². The highest BCUT2D eigenvalue weighted by Crippen LogP contribution is 2.27. The number of imide groups is 1. The predicted octanol–water partition coefficient (Wildman–Crippen LogP) is 2.30. The topological polar surface area (TPSA) is 57.7 Å². The molecule has 0 bridgehead atoms. The normalized spacial score (nSPS) is 19.9. The summed E-state index contributed by atoms with van der Waals surface area (Å²) in [7, 11) is 0. The molecule has 0 radical (unpaired) electrons. The third kappa shape index (κ3) is 2.88. The van der Waals surface area contributed by atoms with Gasteiger partial charge in [0.2, 0.25) is 5.91 Å². The molecule has 2 aliphatic rings. The summed E-state index contributed by atoms with van der Waals surface area (Å²) in [6.45, 7) is 3.13. The standard InChI is InChI=1S/C16H18N2O3S/c1-11-3-2-4-12(9-11)15(20)17-7-5-13(6-8-17)18-14(19)10-22-16(18)21/h2-4,9,13H,5-8,10H2,1H3. The number of carbonyl (C=O) groups is 3. The molecule has 2 saturated heterocycles. The van der Waals surface area contributed by atoms with E-state index in [9.17, 15) is 14.4 Å². The van der Waals surface area contributed by atoms with Crippen LogP contribution in [0.5, 0.6) is 0 Å². The number of aryl methyl sites for hydroxylation is 1. The third-order valence-corrected chi connectivity index (χ3v) is 5.00. The third-order valence-electron chi connectivity index (χ3n) is 4.17. The molecule has 1 aromatic carbocycles. The molecule has 0 aliphatic carbocycles. The molecule has 2 heterocycles.